The SMILES string of the molecule is Cc1ccc(-c2ccc(CCN3CCCC3C)cc2)cc1S(C)(O)O. The summed E-state index contributed by atoms with van der Waals surface area (Å²) in [4.78, 5) is 3.21. The van der Waals surface area contributed by atoms with Crippen LogP contribution in [0.3, 0.4) is 0 Å². The van der Waals surface area contributed by atoms with E-state index in [2.05, 4.69) is 36.1 Å². The highest BCUT2D eigenvalue weighted by molar-refractivity contribution is 8.23. The summed E-state index contributed by atoms with van der Waals surface area (Å²) < 4.78 is 20.0. The van der Waals surface area contributed by atoms with Crippen LogP contribution in [0.4, 0.5) is 0 Å². The Kier molecular flexibility index (Phi) is 5.54. The number of hydrogen-bond donors (Lipinski definition) is 2. The van der Waals surface area contributed by atoms with Gasteiger partial charge in [-0.2, -0.15) is 10.6 Å². The molecule has 2 aromatic carbocycles. The number of likely N-dealkylation sites (tertiary alicyclic amines) is 1. The van der Waals surface area contributed by atoms with Crippen molar-refractivity contribution in [1.82, 2.24) is 4.90 Å². The molecule has 1 heterocycles. The van der Waals surface area contributed by atoms with Crippen molar-refractivity contribution in [3.8, 4) is 11.1 Å². The van der Waals surface area contributed by atoms with Crippen LogP contribution in [0.1, 0.15) is 30.9 Å². The van der Waals surface area contributed by atoms with E-state index in [0.29, 0.717) is 4.90 Å². The lowest BCUT2D eigenvalue weighted by atomic mass is 10.0. The van der Waals surface area contributed by atoms with E-state index >= 15 is 0 Å². The van der Waals surface area contributed by atoms with Crippen molar-refractivity contribution in [3.05, 3.63) is 53.6 Å². The maximum Gasteiger partial charge on any atom is 0.0615 e. The molecule has 0 spiro atoms. The van der Waals surface area contributed by atoms with Crippen LogP contribution < -0.4 is 0 Å². The first-order valence-electron chi connectivity index (χ1n) is 9.02. The zero-order chi connectivity index (χ0) is 18.0. The van der Waals surface area contributed by atoms with Crippen molar-refractivity contribution in [2.75, 3.05) is 19.3 Å². The molecule has 1 unspecified atom stereocenters. The topological polar surface area (TPSA) is 43.7 Å². The molecule has 0 radical (unpaired) electrons. The van der Waals surface area contributed by atoms with Gasteiger partial charge in [-0.05, 0) is 68.0 Å². The minimum atomic E-state index is -2.70. The van der Waals surface area contributed by atoms with E-state index in [-0.39, 0.29) is 0 Å². The van der Waals surface area contributed by atoms with Crippen LogP contribution in [-0.4, -0.2) is 39.4 Å². The maximum absolute atomic E-state index is 10.0. The zero-order valence-electron chi connectivity index (χ0n) is 15.4. The Labute approximate surface area is 153 Å². The molecular weight excluding hydrogens is 330 g/mol. The maximum atomic E-state index is 10.0. The summed E-state index contributed by atoms with van der Waals surface area (Å²) in [6.07, 6.45) is 5.22. The Morgan fingerprint density at radius 2 is 1.76 bits per heavy atom. The fourth-order valence-electron chi connectivity index (χ4n) is 3.66. The van der Waals surface area contributed by atoms with Crippen LogP contribution in [-0.2, 0) is 6.42 Å². The Bertz CT molecular complexity index is 722. The quantitative estimate of drug-likeness (QED) is 0.748. The lowest BCUT2D eigenvalue weighted by molar-refractivity contribution is 0.272. The largest absolute Gasteiger partial charge is 0.300 e. The molecule has 0 aliphatic carbocycles. The van der Waals surface area contributed by atoms with Crippen LogP contribution in [0.25, 0.3) is 11.1 Å². The molecule has 0 amide bonds. The first kappa shape index (κ1) is 18.5. The predicted molar refractivity (Wildman–Crippen MR) is 108 cm³/mol. The molecule has 3 rings (SSSR count). The second-order valence-corrected chi connectivity index (χ2v) is 9.39. The van der Waals surface area contributed by atoms with Crippen molar-refractivity contribution in [2.45, 2.75) is 44.0 Å². The molecule has 1 aliphatic rings. The molecule has 0 aromatic heterocycles. The van der Waals surface area contributed by atoms with Crippen LogP contribution in [0.2, 0.25) is 0 Å². The van der Waals surface area contributed by atoms with Gasteiger partial charge in [-0.15, -0.1) is 0 Å². The van der Waals surface area contributed by atoms with Gasteiger partial charge in [-0.25, -0.2) is 0 Å². The van der Waals surface area contributed by atoms with E-state index in [0.717, 1.165) is 35.7 Å². The van der Waals surface area contributed by atoms with Gasteiger partial charge in [0.2, 0.25) is 0 Å². The van der Waals surface area contributed by atoms with Gasteiger partial charge in [0.05, 0.1) is 4.90 Å². The average molecular weight is 360 g/mol. The van der Waals surface area contributed by atoms with Crippen LogP contribution in [0, 0.1) is 6.92 Å². The second-order valence-electron chi connectivity index (χ2n) is 7.29. The summed E-state index contributed by atoms with van der Waals surface area (Å²) in [5, 5.41) is 0. The fourth-order valence-corrected chi connectivity index (χ4v) is 4.69. The highest BCUT2D eigenvalue weighted by atomic mass is 32.3. The van der Waals surface area contributed by atoms with Gasteiger partial charge in [-0.1, -0.05) is 36.4 Å². The Morgan fingerprint density at radius 1 is 1.08 bits per heavy atom. The highest BCUT2D eigenvalue weighted by Gasteiger charge is 2.19. The van der Waals surface area contributed by atoms with E-state index in [1.54, 1.807) is 0 Å². The highest BCUT2D eigenvalue weighted by Crippen LogP contribution is 2.47. The summed E-state index contributed by atoms with van der Waals surface area (Å²) in [5.74, 6) is 0. The Hall–Kier alpha value is -1.33. The monoisotopic (exact) mass is 359 g/mol. The minimum Gasteiger partial charge on any atom is -0.300 e. The lowest BCUT2D eigenvalue weighted by Crippen LogP contribution is -2.28. The van der Waals surface area contributed by atoms with Gasteiger partial charge < -0.3 is 4.90 Å². The Morgan fingerprint density at radius 3 is 2.36 bits per heavy atom. The number of rotatable bonds is 5. The Balaban J connectivity index is 1.72. The number of hydrogen-bond acceptors (Lipinski definition) is 3. The summed E-state index contributed by atoms with van der Waals surface area (Å²) in [7, 11) is -2.70. The predicted octanol–water partition coefficient (Wildman–Crippen LogP) is 5.43. The number of benzene rings is 2. The molecule has 136 valence electrons. The second kappa shape index (κ2) is 7.50. The molecule has 2 N–H and O–H groups in total. The van der Waals surface area contributed by atoms with E-state index in [9.17, 15) is 9.11 Å². The van der Waals surface area contributed by atoms with Crippen molar-refractivity contribution in [2.24, 2.45) is 0 Å². The van der Waals surface area contributed by atoms with Gasteiger partial charge in [0, 0.05) is 18.8 Å². The molecule has 25 heavy (non-hydrogen) atoms. The van der Waals surface area contributed by atoms with Crippen LogP contribution >= 0.6 is 10.6 Å². The van der Waals surface area contributed by atoms with Gasteiger partial charge >= 0.3 is 0 Å². The van der Waals surface area contributed by atoms with E-state index in [1.165, 1.54) is 31.2 Å². The molecule has 4 heteroatoms. The standard InChI is InChI=1S/C21H29NO2S/c1-16-6-9-20(15-21(16)25(3,23)24)19-10-7-18(8-11-19)12-14-22-13-4-5-17(22)2/h6-11,15,17,23-24H,4-5,12-14H2,1-3H3. The van der Waals surface area contributed by atoms with Crippen LogP contribution in [0.15, 0.2) is 47.4 Å². The zero-order valence-corrected chi connectivity index (χ0v) is 16.2. The fraction of sp³-hybridized carbons (Fsp3) is 0.429. The third kappa shape index (κ3) is 4.45. The summed E-state index contributed by atoms with van der Waals surface area (Å²) in [5.41, 5.74) is 4.42. The van der Waals surface area contributed by atoms with E-state index in [1.807, 2.05) is 25.1 Å². The summed E-state index contributed by atoms with van der Waals surface area (Å²) in [6, 6.07) is 15.3. The first-order valence-corrected chi connectivity index (χ1v) is 11.0. The third-order valence-electron chi connectivity index (χ3n) is 5.27. The molecule has 0 bridgehead atoms. The summed E-state index contributed by atoms with van der Waals surface area (Å²) in [6.45, 7) is 6.60. The van der Waals surface area contributed by atoms with Crippen LogP contribution in [0.5, 0.6) is 0 Å². The third-order valence-corrected chi connectivity index (χ3v) is 6.54. The minimum absolute atomic E-state index is 0.636. The van der Waals surface area contributed by atoms with Gasteiger partial charge in [0.25, 0.3) is 0 Å². The molecule has 2 aromatic rings. The van der Waals surface area contributed by atoms with E-state index in [4.69, 9.17) is 0 Å². The molecule has 1 aliphatic heterocycles. The summed E-state index contributed by atoms with van der Waals surface area (Å²) >= 11 is 0. The van der Waals surface area contributed by atoms with Crippen molar-refractivity contribution in [1.29, 1.82) is 0 Å². The number of aryl methyl sites for hydroxylation is 1. The molecule has 3 nitrogen and oxygen atoms in total. The smallest absolute Gasteiger partial charge is 0.0615 e. The van der Waals surface area contributed by atoms with Gasteiger partial charge in [-0.3, -0.25) is 9.11 Å². The number of nitrogens with zero attached hydrogens (tertiary/aromatic N) is 1. The van der Waals surface area contributed by atoms with Gasteiger partial charge in [0.1, 0.15) is 0 Å². The van der Waals surface area contributed by atoms with Crippen molar-refractivity contribution >= 4 is 10.6 Å². The first-order chi connectivity index (χ1) is 11.8. The molecule has 1 saturated heterocycles. The molecule has 1 fully saturated rings. The van der Waals surface area contributed by atoms with Crippen molar-refractivity contribution in [3.63, 3.8) is 0 Å². The van der Waals surface area contributed by atoms with Crippen molar-refractivity contribution < 1.29 is 9.11 Å². The lowest BCUT2D eigenvalue weighted by Gasteiger charge is -2.29. The molecular formula is C21H29NO2S. The average Bonchev–Trinajstić information content (AvgIpc) is 2.98. The molecule has 1 atom stereocenters. The van der Waals surface area contributed by atoms with E-state index < -0.39 is 10.6 Å². The normalized spacial score (nSPS) is 19.3. The van der Waals surface area contributed by atoms with Gasteiger partial charge in [0.15, 0.2) is 0 Å². The molecule has 0 saturated carbocycles.